The molecule has 0 spiro atoms. The zero-order valence-electron chi connectivity index (χ0n) is 5.90. The molecule has 0 aliphatic rings. The predicted octanol–water partition coefficient (Wildman–Crippen LogP) is 1.81. The van der Waals surface area contributed by atoms with Crippen LogP contribution in [0, 0.1) is 11.3 Å². The summed E-state index contributed by atoms with van der Waals surface area (Å²) in [7, 11) is 0. The second-order valence-electron chi connectivity index (χ2n) is 2.12. The molecule has 0 aliphatic heterocycles. The van der Waals surface area contributed by atoms with Gasteiger partial charge in [-0.25, -0.2) is 0 Å². The summed E-state index contributed by atoms with van der Waals surface area (Å²) < 4.78 is 35.3. The number of hydrogen-bond donors (Lipinski definition) is 2. The van der Waals surface area contributed by atoms with Gasteiger partial charge in [-0.2, -0.15) is 13.2 Å². The van der Waals surface area contributed by atoms with Crippen molar-refractivity contribution in [2.45, 2.75) is 13.1 Å². The van der Waals surface area contributed by atoms with E-state index in [-0.39, 0.29) is 10.9 Å². The number of hydrogen-bond acceptors (Lipinski definition) is 2. The van der Waals surface area contributed by atoms with Gasteiger partial charge in [-0.3, -0.25) is 5.41 Å². The molecular weight excluding hydrogens is 177 g/mol. The van der Waals surface area contributed by atoms with Crippen LogP contribution in [0.25, 0.3) is 0 Å². The summed E-state index contributed by atoms with van der Waals surface area (Å²) >= 11 is 0.707. The van der Waals surface area contributed by atoms with E-state index in [4.69, 9.17) is 11.1 Å². The van der Waals surface area contributed by atoms with Crippen LogP contribution in [-0.2, 0) is 0 Å². The summed E-state index contributed by atoms with van der Waals surface area (Å²) in [5, 5.41) is 6.39. The highest BCUT2D eigenvalue weighted by Gasteiger charge is 2.35. The maximum Gasteiger partial charge on any atom is 0.392 e. The Balaban J connectivity index is 3.70. The SMILES string of the molecule is CC(CSC(=N)N)C(F)(F)F. The van der Waals surface area contributed by atoms with Gasteiger partial charge in [0.1, 0.15) is 0 Å². The Morgan fingerprint density at radius 2 is 2.09 bits per heavy atom. The van der Waals surface area contributed by atoms with Gasteiger partial charge in [-0.15, -0.1) is 0 Å². The summed E-state index contributed by atoms with van der Waals surface area (Å²) in [5.74, 6) is -1.59. The van der Waals surface area contributed by atoms with Gasteiger partial charge in [0.25, 0.3) is 0 Å². The van der Waals surface area contributed by atoms with Crippen LogP contribution >= 0.6 is 11.8 Å². The van der Waals surface area contributed by atoms with Crippen LogP contribution in [0.1, 0.15) is 6.92 Å². The van der Waals surface area contributed by atoms with Gasteiger partial charge in [-0.1, -0.05) is 18.7 Å². The summed E-state index contributed by atoms with van der Waals surface area (Å²) in [6, 6.07) is 0. The zero-order chi connectivity index (χ0) is 9.07. The Labute approximate surface area is 66.8 Å². The molecule has 0 aromatic heterocycles. The molecule has 0 aromatic rings. The van der Waals surface area contributed by atoms with Crippen molar-refractivity contribution in [1.29, 1.82) is 5.41 Å². The third-order valence-corrected chi connectivity index (χ3v) is 2.03. The van der Waals surface area contributed by atoms with Crippen LogP contribution in [0.4, 0.5) is 13.2 Å². The fourth-order valence-electron chi connectivity index (χ4n) is 0.309. The Morgan fingerprint density at radius 3 is 2.36 bits per heavy atom. The number of rotatable bonds is 2. The number of alkyl halides is 3. The van der Waals surface area contributed by atoms with Crippen molar-refractivity contribution in [1.82, 2.24) is 0 Å². The second kappa shape index (κ2) is 3.85. The molecule has 66 valence electrons. The third-order valence-electron chi connectivity index (χ3n) is 1.05. The normalized spacial score (nSPS) is 14.5. The molecule has 2 nitrogen and oxygen atoms in total. The van der Waals surface area contributed by atoms with Gasteiger partial charge in [0.05, 0.1) is 5.92 Å². The lowest BCUT2D eigenvalue weighted by atomic mass is 10.2. The van der Waals surface area contributed by atoms with E-state index < -0.39 is 12.1 Å². The molecule has 1 atom stereocenters. The van der Waals surface area contributed by atoms with Crippen molar-refractivity contribution < 1.29 is 13.2 Å². The summed E-state index contributed by atoms with van der Waals surface area (Å²) in [6.45, 7) is 1.07. The van der Waals surface area contributed by atoms with Gasteiger partial charge < -0.3 is 5.73 Å². The van der Waals surface area contributed by atoms with Crippen LogP contribution in [0.3, 0.4) is 0 Å². The molecule has 0 saturated heterocycles. The van der Waals surface area contributed by atoms with Crippen molar-refractivity contribution in [2.24, 2.45) is 11.7 Å². The molecule has 0 rings (SSSR count). The summed E-state index contributed by atoms with van der Waals surface area (Å²) in [5.41, 5.74) is 4.86. The fraction of sp³-hybridized carbons (Fsp3) is 0.800. The second-order valence-corrected chi connectivity index (χ2v) is 3.18. The first kappa shape index (κ1) is 10.6. The first-order valence-corrected chi connectivity index (χ1v) is 3.86. The van der Waals surface area contributed by atoms with Crippen LogP contribution < -0.4 is 5.73 Å². The highest BCUT2D eigenvalue weighted by Crippen LogP contribution is 2.28. The Kier molecular flexibility index (Phi) is 3.71. The lowest BCUT2D eigenvalue weighted by molar-refractivity contribution is -0.162. The average Bonchev–Trinajstić information content (AvgIpc) is 1.80. The lowest BCUT2D eigenvalue weighted by Crippen LogP contribution is -2.23. The quantitative estimate of drug-likeness (QED) is 0.510. The van der Waals surface area contributed by atoms with E-state index in [0.29, 0.717) is 11.8 Å². The maximum atomic E-state index is 11.8. The topological polar surface area (TPSA) is 49.9 Å². The standard InChI is InChI=1S/C5H9F3N2S/c1-3(5(6,7)8)2-11-4(9)10/h3H,2H2,1H3,(H3,9,10). The molecule has 0 aliphatic carbocycles. The van der Waals surface area contributed by atoms with Crippen molar-refractivity contribution >= 4 is 16.9 Å². The van der Waals surface area contributed by atoms with Crippen LogP contribution in [0.15, 0.2) is 0 Å². The minimum atomic E-state index is -4.18. The molecule has 6 heteroatoms. The fourth-order valence-corrected chi connectivity index (χ4v) is 0.928. The number of amidine groups is 1. The summed E-state index contributed by atoms with van der Waals surface area (Å²) in [4.78, 5) is 0. The van der Waals surface area contributed by atoms with Crippen LogP contribution in [-0.4, -0.2) is 17.1 Å². The van der Waals surface area contributed by atoms with Gasteiger partial charge in [-0.05, 0) is 0 Å². The zero-order valence-corrected chi connectivity index (χ0v) is 6.72. The maximum absolute atomic E-state index is 11.8. The molecule has 11 heavy (non-hydrogen) atoms. The molecule has 0 fully saturated rings. The number of nitrogens with two attached hydrogens (primary N) is 1. The van der Waals surface area contributed by atoms with Gasteiger partial charge >= 0.3 is 6.18 Å². The van der Waals surface area contributed by atoms with E-state index in [0.717, 1.165) is 6.92 Å². The predicted molar refractivity (Wildman–Crippen MR) is 39.6 cm³/mol. The Morgan fingerprint density at radius 1 is 1.64 bits per heavy atom. The minimum absolute atomic E-state index is 0.182. The highest BCUT2D eigenvalue weighted by molar-refractivity contribution is 8.13. The smallest absolute Gasteiger partial charge is 0.379 e. The molecule has 0 radical (unpaired) electrons. The third kappa shape index (κ3) is 4.94. The van der Waals surface area contributed by atoms with Crippen LogP contribution in [0.5, 0.6) is 0 Å². The molecular formula is C5H9F3N2S. The Bertz CT molecular complexity index is 145. The van der Waals surface area contributed by atoms with E-state index >= 15 is 0 Å². The molecule has 1 unspecified atom stereocenters. The minimum Gasteiger partial charge on any atom is -0.379 e. The first-order chi connectivity index (χ1) is 4.84. The van der Waals surface area contributed by atoms with Crippen molar-refractivity contribution in [3.63, 3.8) is 0 Å². The number of halogens is 3. The van der Waals surface area contributed by atoms with E-state index in [1.54, 1.807) is 0 Å². The van der Waals surface area contributed by atoms with Gasteiger partial charge in [0.15, 0.2) is 5.17 Å². The molecule has 3 N–H and O–H groups in total. The largest absolute Gasteiger partial charge is 0.392 e. The average molecular weight is 186 g/mol. The monoisotopic (exact) mass is 186 g/mol. The van der Waals surface area contributed by atoms with Gasteiger partial charge in [0, 0.05) is 5.75 Å². The van der Waals surface area contributed by atoms with Gasteiger partial charge in [0.2, 0.25) is 0 Å². The van der Waals surface area contributed by atoms with Crippen LogP contribution in [0.2, 0.25) is 0 Å². The lowest BCUT2D eigenvalue weighted by Gasteiger charge is -2.13. The van der Waals surface area contributed by atoms with E-state index in [9.17, 15) is 13.2 Å². The van der Waals surface area contributed by atoms with Crippen molar-refractivity contribution in [3.8, 4) is 0 Å². The molecule has 0 bridgehead atoms. The van der Waals surface area contributed by atoms with E-state index in [1.165, 1.54) is 0 Å². The van der Waals surface area contributed by atoms with Crippen molar-refractivity contribution in [2.75, 3.05) is 5.75 Å². The summed E-state index contributed by atoms with van der Waals surface area (Å²) in [6.07, 6.45) is -4.18. The number of nitrogens with one attached hydrogen (secondary N) is 1. The number of thioether (sulfide) groups is 1. The van der Waals surface area contributed by atoms with E-state index in [1.807, 2.05) is 0 Å². The molecule has 0 heterocycles. The van der Waals surface area contributed by atoms with E-state index in [2.05, 4.69) is 0 Å². The first-order valence-electron chi connectivity index (χ1n) is 2.87. The molecule has 0 aromatic carbocycles. The molecule has 0 amide bonds. The van der Waals surface area contributed by atoms with Crippen molar-refractivity contribution in [3.05, 3.63) is 0 Å². The Hall–Kier alpha value is -0.390. The molecule has 0 saturated carbocycles. The highest BCUT2D eigenvalue weighted by atomic mass is 32.2.